The fraction of sp³-hybridized carbons (Fsp3) is 0.115. The maximum Gasteiger partial charge on any atom is 0.358 e. The van der Waals surface area contributed by atoms with E-state index in [1.807, 2.05) is 0 Å². The first-order valence-electron chi connectivity index (χ1n) is 10.7. The second-order valence-electron chi connectivity index (χ2n) is 7.40. The number of aromatic nitrogens is 2. The summed E-state index contributed by atoms with van der Waals surface area (Å²) in [4.78, 5) is 24.9. The number of carbonyl (C=O) groups excluding carboxylic acids is 2. The summed E-state index contributed by atoms with van der Waals surface area (Å²) >= 11 is 0. The Balaban J connectivity index is 1.72. The first-order valence-corrected chi connectivity index (χ1v) is 10.7. The lowest BCUT2D eigenvalue weighted by atomic mass is 10.1. The summed E-state index contributed by atoms with van der Waals surface area (Å²) in [7, 11) is 1.56. The Morgan fingerprint density at radius 2 is 1.77 bits per heavy atom. The summed E-state index contributed by atoms with van der Waals surface area (Å²) < 4.78 is 39.4. The molecule has 1 heterocycles. The van der Waals surface area contributed by atoms with E-state index in [0.29, 0.717) is 28.4 Å². The third-order valence-electron chi connectivity index (χ3n) is 5.10. The molecule has 0 saturated heterocycles. The van der Waals surface area contributed by atoms with Crippen LogP contribution in [0.15, 0.2) is 72.8 Å². The van der Waals surface area contributed by atoms with Gasteiger partial charge in [0.1, 0.15) is 17.4 Å². The van der Waals surface area contributed by atoms with Crippen molar-refractivity contribution in [2.24, 2.45) is 0 Å². The number of benzene rings is 3. The van der Waals surface area contributed by atoms with E-state index in [2.05, 4.69) is 10.4 Å². The van der Waals surface area contributed by atoms with Crippen LogP contribution in [0.1, 0.15) is 27.8 Å². The van der Waals surface area contributed by atoms with E-state index in [1.165, 1.54) is 0 Å². The highest BCUT2D eigenvalue weighted by Gasteiger charge is 2.19. The number of methoxy groups -OCH3 is 1. The number of nitrogens with zero attached hydrogens (tertiary/aromatic N) is 2. The molecule has 0 fully saturated rings. The topological polar surface area (TPSA) is 82.5 Å². The van der Waals surface area contributed by atoms with E-state index >= 15 is 0 Å². The highest BCUT2D eigenvalue weighted by Crippen LogP contribution is 2.28. The van der Waals surface area contributed by atoms with Gasteiger partial charge in [0.05, 0.1) is 30.7 Å². The molecule has 0 bridgehead atoms. The van der Waals surface area contributed by atoms with Gasteiger partial charge in [-0.3, -0.25) is 4.79 Å². The van der Waals surface area contributed by atoms with Crippen LogP contribution in [0.25, 0.3) is 16.9 Å². The standard InChI is InChI=1S/C26H21F2N3O4/c1-3-35-26(33)23-15-24(31(30-23)19-8-10-20(34-2)11-9-19)16-5-4-6-18(13-16)29-25(32)21-14-17(27)7-12-22(21)28/h4-15H,3H2,1-2H3,(H,29,32). The van der Waals surface area contributed by atoms with Gasteiger partial charge in [-0.15, -0.1) is 0 Å². The van der Waals surface area contributed by atoms with E-state index in [0.717, 1.165) is 18.2 Å². The zero-order chi connectivity index (χ0) is 24.9. The first kappa shape index (κ1) is 23.6. The maximum absolute atomic E-state index is 14.0. The SMILES string of the molecule is CCOC(=O)c1cc(-c2cccc(NC(=O)c3cc(F)ccc3F)c2)n(-c2ccc(OC)cc2)n1. The van der Waals surface area contributed by atoms with Crippen molar-refractivity contribution in [2.75, 3.05) is 19.0 Å². The zero-order valence-electron chi connectivity index (χ0n) is 18.9. The number of carbonyl (C=O) groups is 2. The minimum atomic E-state index is -0.836. The number of ether oxygens (including phenoxy) is 2. The molecule has 0 spiro atoms. The van der Waals surface area contributed by atoms with Gasteiger partial charge in [-0.25, -0.2) is 18.3 Å². The highest BCUT2D eigenvalue weighted by atomic mass is 19.1. The van der Waals surface area contributed by atoms with E-state index in [1.54, 1.807) is 73.3 Å². The number of hydrogen-bond donors (Lipinski definition) is 1. The minimum absolute atomic E-state index is 0.105. The smallest absolute Gasteiger partial charge is 0.358 e. The van der Waals surface area contributed by atoms with Gasteiger partial charge in [-0.1, -0.05) is 12.1 Å². The predicted molar refractivity (Wildman–Crippen MR) is 126 cm³/mol. The first-order chi connectivity index (χ1) is 16.9. The molecule has 178 valence electrons. The molecule has 0 aliphatic rings. The minimum Gasteiger partial charge on any atom is -0.497 e. The number of hydrogen-bond acceptors (Lipinski definition) is 5. The Hall–Kier alpha value is -4.53. The monoisotopic (exact) mass is 477 g/mol. The molecule has 3 aromatic carbocycles. The molecule has 1 amide bonds. The molecule has 0 radical (unpaired) electrons. The number of esters is 1. The highest BCUT2D eigenvalue weighted by molar-refractivity contribution is 6.04. The molecule has 4 rings (SSSR count). The van der Waals surface area contributed by atoms with Crippen molar-refractivity contribution in [2.45, 2.75) is 6.92 Å². The summed E-state index contributed by atoms with van der Waals surface area (Å²) in [6.07, 6.45) is 0. The molecular formula is C26H21F2N3O4. The molecule has 0 aliphatic heterocycles. The largest absolute Gasteiger partial charge is 0.497 e. The molecule has 0 aliphatic carbocycles. The van der Waals surface area contributed by atoms with E-state index in [9.17, 15) is 18.4 Å². The van der Waals surface area contributed by atoms with Crippen LogP contribution in [0.2, 0.25) is 0 Å². The number of rotatable bonds is 7. The molecule has 0 unspecified atom stereocenters. The third-order valence-corrected chi connectivity index (χ3v) is 5.10. The van der Waals surface area contributed by atoms with Crippen molar-refractivity contribution in [3.63, 3.8) is 0 Å². The Labute approximate surface area is 199 Å². The van der Waals surface area contributed by atoms with Crippen LogP contribution in [0, 0.1) is 11.6 Å². The van der Waals surface area contributed by atoms with Crippen LogP contribution in [0.4, 0.5) is 14.5 Å². The van der Waals surface area contributed by atoms with Gasteiger partial charge < -0.3 is 14.8 Å². The average molecular weight is 477 g/mol. The Kier molecular flexibility index (Phi) is 6.86. The van der Waals surface area contributed by atoms with Crippen molar-refractivity contribution < 1.29 is 27.8 Å². The molecule has 4 aromatic rings. The van der Waals surface area contributed by atoms with Crippen LogP contribution in [0.3, 0.4) is 0 Å². The van der Waals surface area contributed by atoms with Gasteiger partial charge in [0.2, 0.25) is 0 Å². The van der Waals surface area contributed by atoms with Gasteiger partial charge in [-0.2, -0.15) is 5.10 Å². The molecule has 7 nitrogen and oxygen atoms in total. The lowest BCUT2D eigenvalue weighted by molar-refractivity contribution is 0.0518. The zero-order valence-corrected chi connectivity index (χ0v) is 18.9. The van der Waals surface area contributed by atoms with Crippen LogP contribution in [-0.4, -0.2) is 35.4 Å². The number of halogens is 2. The summed E-state index contributed by atoms with van der Waals surface area (Å²) in [6.45, 7) is 1.90. The van der Waals surface area contributed by atoms with Crippen LogP contribution < -0.4 is 10.1 Å². The second kappa shape index (κ2) is 10.2. The lowest BCUT2D eigenvalue weighted by Gasteiger charge is -2.11. The van der Waals surface area contributed by atoms with Crippen molar-refractivity contribution in [3.05, 3.63) is 95.7 Å². The van der Waals surface area contributed by atoms with Gasteiger partial charge >= 0.3 is 5.97 Å². The molecule has 1 aromatic heterocycles. The van der Waals surface area contributed by atoms with Crippen molar-refractivity contribution in [1.82, 2.24) is 9.78 Å². The van der Waals surface area contributed by atoms with Crippen molar-refractivity contribution >= 4 is 17.6 Å². The lowest BCUT2D eigenvalue weighted by Crippen LogP contribution is -2.14. The van der Waals surface area contributed by atoms with Crippen LogP contribution >= 0.6 is 0 Å². The maximum atomic E-state index is 14.0. The summed E-state index contributed by atoms with van der Waals surface area (Å²) in [5.41, 5.74) is 1.86. The predicted octanol–water partition coefficient (Wildman–Crippen LogP) is 5.26. The Bertz CT molecular complexity index is 1380. The molecule has 0 atom stereocenters. The van der Waals surface area contributed by atoms with E-state index in [4.69, 9.17) is 9.47 Å². The molecule has 0 saturated carbocycles. The average Bonchev–Trinajstić information content (AvgIpc) is 3.31. The number of nitrogens with one attached hydrogen (secondary N) is 1. The van der Waals surface area contributed by atoms with Gasteiger partial charge in [0.15, 0.2) is 5.69 Å². The van der Waals surface area contributed by atoms with Crippen LogP contribution in [-0.2, 0) is 4.74 Å². The summed E-state index contributed by atoms with van der Waals surface area (Å²) in [6, 6.07) is 18.0. The molecule has 9 heteroatoms. The third kappa shape index (κ3) is 5.19. The van der Waals surface area contributed by atoms with Gasteiger partial charge in [0, 0.05) is 11.3 Å². The molecular weight excluding hydrogens is 456 g/mol. The Morgan fingerprint density at radius 1 is 1.00 bits per heavy atom. The van der Waals surface area contributed by atoms with Crippen molar-refractivity contribution in [1.29, 1.82) is 0 Å². The summed E-state index contributed by atoms with van der Waals surface area (Å²) in [5, 5.41) is 6.99. The fourth-order valence-corrected chi connectivity index (χ4v) is 3.44. The fourth-order valence-electron chi connectivity index (χ4n) is 3.44. The number of amides is 1. The second-order valence-corrected chi connectivity index (χ2v) is 7.40. The number of anilines is 1. The Morgan fingerprint density at radius 3 is 2.49 bits per heavy atom. The van der Waals surface area contributed by atoms with E-state index in [-0.39, 0.29) is 12.3 Å². The van der Waals surface area contributed by atoms with Crippen LogP contribution in [0.5, 0.6) is 5.75 Å². The summed E-state index contributed by atoms with van der Waals surface area (Å²) in [5.74, 6) is -2.28. The van der Waals surface area contributed by atoms with Gasteiger partial charge in [0.25, 0.3) is 5.91 Å². The molecule has 1 N–H and O–H groups in total. The van der Waals surface area contributed by atoms with E-state index < -0.39 is 29.1 Å². The van der Waals surface area contributed by atoms with Gasteiger partial charge in [-0.05, 0) is 67.6 Å². The normalized spacial score (nSPS) is 10.6. The van der Waals surface area contributed by atoms with Crippen molar-refractivity contribution in [3.8, 4) is 22.7 Å². The molecule has 35 heavy (non-hydrogen) atoms. The quantitative estimate of drug-likeness (QED) is 0.368.